The highest BCUT2D eigenvalue weighted by Gasteiger charge is 2.29. The lowest BCUT2D eigenvalue weighted by Crippen LogP contribution is -3.00. The first kappa shape index (κ1) is 18.1. The largest absolute Gasteiger partial charge is 1.00 e. The Morgan fingerprint density at radius 2 is 2.00 bits per heavy atom. The van der Waals surface area contributed by atoms with Gasteiger partial charge in [-0.3, -0.25) is 0 Å². The lowest BCUT2D eigenvalue weighted by Gasteiger charge is -2.33. The minimum atomic E-state index is 0. The van der Waals surface area contributed by atoms with E-state index in [4.69, 9.17) is 10.5 Å². The summed E-state index contributed by atoms with van der Waals surface area (Å²) in [5.41, 5.74) is 9.14. The molecule has 2 N–H and O–H groups in total. The van der Waals surface area contributed by atoms with Crippen molar-refractivity contribution < 1.29 is 21.6 Å². The summed E-state index contributed by atoms with van der Waals surface area (Å²) in [6, 6.07) is 6.27. The Morgan fingerprint density at radius 1 is 1.33 bits per heavy atom. The summed E-state index contributed by atoms with van der Waals surface area (Å²) in [6.07, 6.45) is 1.63. The van der Waals surface area contributed by atoms with Crippen molar-refractivity contribution in [2.24, 2.45) is 0 Å². The molecule has 1 heterocycles. The molecule has 1 aromatic carbocycles. The Balaban J connectivity index is 0.00000220. The molecular formula is C16H28ClN3O. The summed E-state index contributed by atoms with van der Waals surface area (Å²) in [5.74, 6) is 0. The van der Waals surface area contributed by atoms with E-state index in [-0.39, 0.29) is 18.6 Å². The van der Waals surface area contributed by atoms with E-state index in [1.54, 1.807) is 0 Å². The molecule has 0 spiro atoms. The van der Waals surface area contributed by atoms with E-state index in [1.165, 1.54) is 5.69 Å². The van der Waals surface area contributed by atoms with Gasteiger partial charge in [-0.15, -0.1) is 0 Å². The van der Waals surface area contributed by atoms with Gasteiger partial charge in [0, 0.05) is 31.4 Å². The van der Waals surface area contributed by atoms with E-state index >= 15 is 0 Å². The number of quaternary nitrogens is 1. The molecule has 120 valence electrons. The van der Waals surface area contributed by atoms with Crippen molar-refractivity contribution in [3.63, 3.8) is 0 Å². The standard InChI is InChI=1S/C16H28N3O.ClH/c1-12-10-14(6-7-16(12)17)18-9-8-15(11-18)20-13(2)19(3,4)5;/h6-7,10,13,15H,8-9,11,17H2,1-5H3;1H/q+1;/p-1. The van der Waals surface area contributed by atoms with Gasteiger partial charge in [0.15, 0.2) is 6.23 Å². The van der Waals surface area contributed by atoms with Crippen LogP contribution in [-0.4, -0.2) is 51.0 Å². The molecule has 0 aromatic heterocycles. The third kappa shape index (κ3) is 4.50. The smallest absolute Gasteiger partial charge is 0.190 e. The first-order chi connectivity index (χ1) is 9.27. The highest BCUT2D eigenvalue weighted by molar-refractivity contribution is 5.58. The van der Waals surface area contributed by atoms with Gasteiger partial charge in [-0.05, 0) is 37.1 Å². The molecule has 21 heavy (non-hydrogen) atoms. The van der Waals surface area contributed by atoms with Crippen LogP contribution in [0.2, 0.25) is 0 Å². The number of nitrogens with zero attached hydrogens (tertiary/aromatic N) is 2. The fraction of sp³-hybridized carbons (Fsp3) is 0.625. The van der Waals surface area contributed by atoms with Crippen LogP contribution in [0, 0.1) is 6.92 Å². The number of hydrogen-bond donors (Lipinski definition) is 1. The molecule has 2 atom stereocenters. The second-order valence-corrected chi connectivity index (χ2v) is 6.75. The van der Waals surface area contributed by atoms with Crippen LogP contribution in [-0.2, 0) is 4.74 Å². The normalized spacial score (nSPS) is 20.2. The number of anilines is 2. The highest BCUT2D eigenvalue weighted by atomic mass is 35.5. The van der Waals surface area contributed by atoms with E-state index < -0.39 is 0 Å². The Bertz CT molecular complexity index is 473. The van der Waals surface area contributed by atoms with Crippen molar-refractivity contribution in [1.29, 1.82) is 0 Å². The van der Waals surface area contributed by atoms with Crippen LogP contribution in [0.15, 0.2) is 18.2 Å². The molecule has 4 nitrogen and oxygen atoms in total. The fourth-order valence-corrected chi connectivity index (χ4v) is 2.39. The van der Waals surface area contributed by atoms with Crippen molar-refractivity contribution in [2.45, 2.75) is 32.6 Å². The van der Waals surface area contributed by atoms with Gasteiger partial charge in [0.05, 0.1) is 27.2 Å². The van der Waals surface area contributed by atoms with Crippen molar-refractivity contribution >= 4 is 11.4 Å². The molecule has 1 aliphatic rings. The lowest BCUT2D eigenvalue weighted by atomic mass is 10.2. The zero-order valence-electron chi connectivity index (χ0n) is 13.8. The van der Waals surface area contributed by atoms with Gasteiger partial charge < -0.3 is 32.3 Å². The molecule has 1 aliphatic heterocycles. The van der Waals surface area contributed by atoms with Gasteiger partial charge in [-0.25, -0.2) is 0 Å². The van der Waals surface area contributed by atoms with Gasteiger partial charge in [-0.2, -0.15) is 0 Å². The number of rotatable bonds is 4. The first-order valence-electron chi connectivity index (χ1n) is 7.35. The lowest BCUT2D eigenvalue weighted by molar-refractivity contribution is -0.918. The summed E-state index contributed by atoms with van der Waals surface area (Å²) in [7, 11) is 6.50. The summed E-state index contributed by atoms with van der Waals surface area (Å²) < 4.78 is 7.02. The van der Waals surface area contributed by atoms with Gasteiger partial charge in [0.2, 0.25) is 0 Å². The fourth-order valence-electron chi connectivity index (χ4n) is 2.39. The molecular weight excluding hydrogens is 286 g/mol. The zero-order valence-corrected chi connectivity index (χ0v) is 14.5. The first-order valence-corrected chi connectivity index (χ1v) is 7.35. The van der Waals surface area contributed by atoms with Gasteiger partial charge >= 0.3 is 0 Å². The highest BCUT2D eigenvalue weighted by Crippen LogP contribution is 2.26. The summed E-state index contributed by atoms with van der Waals surface area (Å²) in [6.45, 7) is 6.23. The minimum absolute atomic E-state index is 0. The molecule has 1 fully saturated rings. The summed E-state index contributed by atoms with van der Waals surface area (Å²) in [4.78, 5) is 2.39. The van der Waals surface area contributed by atoms with E-state index in [1.807, 2.05) is 6.07 Å². The van der Waals surface area contributed by atoms with Crippen LogP contribution in [0.25, 0.3) is 0 Å². The molecule has 1 saturated heterocycles. The molecule has 2 rings (SSSR count). The van der Waals surface area contributed by atoms with Gasteiger partial charge in [0.25, 0.3) is 0 Å². The Kier molecular flexibility index (Phi) is 5.91. The molecule has 0 bridgehead atoms. The van der Waals surface area contributed by atoms with Crippen molar-refractivity contribution in [2.75, 3.05) is 44.9 Å². The minimum Gasteiger partial charge on any atom is -1.00 e. The van der Waals surface area contributed by atoms with Crippen LogP contribution in [0.1, 0.15) is 18.9 Å². The van der Waals surface area contributed by atoms with E-state index in [9.17, 15) is 0 Å². The molecule has 2 unspecified atom stereocenters. The third-order valence-electron chi connectivity index (χ3n) is 4.24. The average molecular weight is 314 g/mol. The number of hydrogen-bond acceptors (Lipinski definition) is 3. The number of ether oxygens (including phenoxy) is 1. The predicted molar refractivity (Wildman–Crippen MR) is 84.8 cm³/mol. The number of nitrogens with two attached hydrogens (primary N) is 1. The van der Waals surface area contributed by atoms with Gasteiger partial charge in [-0.1, -0.05) is 0 Å². The molecule has 1 aromatic rings. The molecule has 0 radical (unpaired) electrons. The maximum absolute atomic E-state index is 6.19. The number of halogens is 1. The Hall–Kier alpha value is -0.970. The van der Waals surface area contributed by atoms with Crippen LogP contribution < -0.4 is 23.0 Å². The van der Waals surface area contributed by atoms with E-state index in [0.29, 0.717) is 6.10 Å². The zero-order chi connectivity index (χ0) is 14.9. The number of benzene rings is 1. The van der Waals surface area contributed by atoms with Crippen molar-refractivity contribution in [1.82, 2.24) is 0 Å². The number of aryl methyl sites for hydroxylation is 1. The topological polar surface area (TPSA) is 38.5 Å². The monoisotopic (exact) mass is 313 g/mol. The van der Waals surface area contributed by atoms with Crippen molar-refractivity contribution in [3.8, 4) is 0 Å². The van der Waals surface area contributed by atoms with E-state index in [0.717, 1.165) is 35.2 Å². The van der Waals surface area contributed by atoms with Crippen LogP contribution in [0.5, 0.6) is 0 Å². The maximum atomic E-state index is 6.19. The summed E-state index contributed by atoms with van der Waals surface area (Å²) >= 11 is 0. The molecule has 0 aliphatic carbocycles. The second-order valence-electron chi connectivity index (χ2n) is 6.75. The SMILES string of the molecule is Cc1cc(N2CCC(OC(C)[N+](C)(C)C)C2)ccc1N.[Cl-]. The number of nitrogen functional groups attached to an aromatic ring is 1. The molecule has 5 heteroatoms. The second kappa shape index (κ2) is 6.86. The molecule has 0 saturated carbocycles. The van der Waals surface area contributed by atoms with Crippen molar-refractivity contribution in [3.05, 3.63) is 23.8 Å². The third-order valence-corrected chi connectivity index (χ3v) is 4.24. The van der Waals surface area contributed by atoms with Crippen LogP contribution in [0.4, 0.5) is 11.4 Å². The van der Waals surface area contributed by atoms with E-state index in [2.05, 4.69) is 52.0 Å². The Morgan fingerprint density at radius 3 is 2.57 bits per heavy atom. The van der Waals surface area contributed by atoms with Crippen LogP contribution in [0.3, 0.4) is 0 Å². The predicted octanol–water partition coefficient (Wildman–Crippen LogP) is -0.771. The van der Waals surface area contributed by atoms with Gasteiger partial charge in [0.1, 0.15) is 0 Å². The van der Waals surface area contributed by atoms with Crippen LogP contribution >= 0.6 is 0 Å². The maximum Gasteiger partial charge on any atom is 0.190 e. The quantitative estimate of drug-likeness (QED) is 0.451. The Labute approximate surface area is 134 Å². The average Bonchev–Trinajstić information content (AvgIpc) is 2.80. The molecule has 0 amide bonds. The summed E-state index contributed by atoms with van der Waals surface area (Å²) in [5, 5.41) is 0.